The molecule has 1 aliphatic rings. The zero-order chi connectivity index (χ0) is 14.4. The van der Waals surface area contributed by atoms with Gasteiger partial charge in [0.15, 0.2) is 0 Å². The van der Waals surface area contributed by atoms with E-state index in [-0.39, 0.29) is 11.9 Å². The molecular formula is C16H25N3O. The van der Waals surface area contributed by atoms with Gasteiger partial charge in [0.05, 0.1) is 0 Å². The fourth-order valence-corrected chi connectivity index (χ4v) is 2.76. The van der Waals surface area contributed by atoms with Crippen LogP contribution in [0.15, 0.2) is 24.3 Å². The highest BCUT2D eigenvalue weighted by molar-refractivity contribution is 5.94. The van der Waals surface area contributed by atoms with E-state index in [1.807, 2.05) is 24.3 Å². The number of carbonyl (C=O) groups is 1. The van der Waals surface area contributed by atoms with Crippen LogP contribution in [-0.4, -0.2) is 43.0 Å². The Kier molecular flexibility index (Phi) is 5.56. The van der Waals surface area contributed by atoms with E-state index in [0.717, 1.165) is 50.0 Å². The number of piperidine rings is 1. The van der Waals surface area contributed by atoms with Crippen molar-refractivity contribution in [2.45, 2.75) is 32.2 Å². The maximum atomic E-state index is 12.3. The summed E-state index contributed by atoms with van der Waals surface area (Å²) in [6.45, 7) is 5.94. The van der Waals surface area contributed by atoms with Gasteiger partial charge in [-0.15, -0.1) is 0 Å². The van der Waals surface area contributed by atoms with Crippen molar-refractivity contribution in [3.63, 3.8) is 0 Å². The largest absolute Gasteiger partial charge is 0.348 e. The molecular weight excluding hydrogens is 250 g/mol. The number of likely N-dealkylation sites (N-methyl/N-ethyl adjacent to an activating group) is 1. The van der Waals surface area contributed by atoms with Crippen molar-refractivity contribution in [1.82, 2.24) is 10.2 Å². The summed E-state index contributed by atoms with van der Waals surface area (Å²) in [5.41, 5.74) is 7.43. The first-order valence-electron chi connectivity index (χ1n) is 7.55. The Hall–Kier alpha value is -1.39. The molecule has 2 rings (SSSR count). The molecule has 1 atom stereocenters. The molecule has 0 spiro atoms. The van der Waals surface area contributed by atoms with Gasteiger partial charge >= 0.3 is 0 Å². The second kappa shape index (κ2) is 7.41. The fourth-order valence-electron chi connectivity index (χ4n) is 2.76. The van der Waals surface area contributed by atoms with E-state index in [2.05, 4.69) is 17.1 Å². The monoisotopic (exact) mass is 275 g/mol. The Balaban J connectivity index is 1.95. The van der Waals surface area contributed by atoms with E-state index in [4.69, 9.17) is 5.73 Å². The molecule has 1 heterocycles. The smallest absolute Gasteiger partial charge is 0.251 e. The molecule has 1 fully saturated rings. The molecule has 1 saturated heterocycles. The van der Waals surface area contributed by atoms with Crippen molar-refractivity contribution in [3.8, 4) is 0 Å². The first-order chi connectivity index (χ1) is 9.72. The maximum absolute atomic E-state index is 12.3. The van der Waals surface area contributed by atoms with Gasteiger partial charge in [0.25, 0.3) is 5.91 Å². The Labute approximate surface area is 121 Å². The number of benzene rings is 1. The predicted molar refractivity (Wildman–Crippen MR) is 81.8 cm³/mol. The first-order valence-corrected chi connectivity index (χ1v) is 7.55. The molecule has 0 aromatic heterocycles. The van der Waals surface area contributed by atoms with Crippen LogP contribution in [-0.2, 0) is 6.42 Å². The summed E-state index contributed by atoms with van der Waals surface area (Å²) >= 11 is 0. The van der Waals surface area contributed by atoms with Crippen molar-refractivity contribution >= 4 is 5.91 Å². The van der Waals surface area contributed by atoms with Crippen molar-refractivity contribution in [2.24, 2.45) is 5.73 Å². The Morgan fingerprint density at radius 3 is 3.10 bits per heavy atom. The summed E-state index contributed by atoms with van der Waals surface area (Å²) in [6, 6.07) is 8.04. The number of hydrogen-bond donors (Lipinski definition) is 2. The van der Waals surface area contributed by atoms with Crippen LogP contribution < -0.4 is 11.1 Å². The van der Waals surface area contributed by atoms with Crippen LogP contribution >= 0.6 is 0 Å². The molecule has 1 aromatic carbocycles. The van der Waals surface area contributed by atoms with Gasteiger partial charge in [0.1, 0.15) is 0 Å². The summed E-state index contributed by atoms with van der Waals surface area (Å²) in [4.78, 5) is 14.7. The number of nitrogens with zero attached hydrogens (tertiary/aromatic N) is 1. The van der Waals surface area contributed by atoms with E-state index in [1.54, 1.807) is 0 Å². The Morgan fingerprint density at radius 2 is 2.35 bits per heavy atom. The van der Waals surface area contributed by atoms with E-state index in [9.17, 15) is 4.79 Å². The van der Waals surface area contributed by atoms with Crippen LogP contribution in [0, 0.1) is 0 Å². The molecule has 0 bridgehead atoms. The minimum atomic E-state index is 0.0341. The molecule has 4 heteroatoms. The molecule has 0 saturated carbocycles. The second-order valence-electron chi connectivity index (χ2n) is 5.44. The quantitative estimate of drug-likeness (QED) is 0.854. The minimum Gasteiger partial charge on any atom is -0.348 e. The normalized spacial score (nSPS) is 19.8. The van der Waals surface area contributed by atoms with E-state index in [1.165, 1.54) is 0 Å². The summed E-state index contributed by atoms with van der Waals surface area (Å²) in [5.74, 6) is 0.0341. The minimum absolute atomic E-state index is 0.0341. The number of likely N-dealkylation sites (tertiary alicyclic amines) is 1. The summed E-state index contributed by atoms with van der Waals surface area (Å²) in [6.07, 6.45) is 3.05. The lowest BCUT2D eigenvalue weighted by Crippen LogP contribution is -2.47. The van der Waals surface area contributed by atoms with Crippen LogP contribution in [0.2, 0.25) is 0 Å². The Bertz CT molecular complexity index is 447. The van der Waals surface area contributed by atoms with E-state index < -0.39 is 0 Å². The molecule has 0 radical (unpaired) electrons. The van der Waals surface area contributed by atoms with E-state index >= 15 is 0 Å². The van der Waals surface area contributed by atoms with Gasteiger partial charge in [-0.25, -0.2) is 0 Å². The standard InChI is InChI=1S/C16H25N3O/c1-2-19-10-4-7-15(12-19)18-16(20)14-6-3-5-13(11-14)8-9-17/h3,5-6,11,15H,2,4,7-10,12,17H2,1H3,(H,18,20). The van der Waals surface area contributed by atoms with Crippen molar-refractivity contribution in [1.29, 1.82) is 0 Å². The molecule has 3 N–H and O–H groups in total. The zero-order valence-corrected chi connectivity index (χ0v) is 12.3. The summed E-state index contributed by atoms with van der Waals surface area (Å²) in [5, 5.41) is 3.16. The average Bonchev–Trinajstić information content (AvgIpc) is 2.48. The molecule has 1 aromatic rings. The molecule has 20 heavy (non-hydrogen) atoms. The third-order valence-corrected chi connectivity index (χ3v) is 3.91. The third-order valence-electron chi connectivity index (χ3n) is 3.91. The van der Waals surface area contributed by atoms with Crippen LogP contribution in [0.3, 0.4) is 0 Å². The number of rotatable bonds is 5. The lowest BCUT2D eigenvalue weighted by Gasteiger charge is -2.32. The van der Waals surface area contributed by atoms with Gasteiger partial charge in [0.2, 0.25) is 0 Å². The molecule has 1 aliphatic heterocycles. The van der Waals surface area contributed by atoms with Crippen molar-refractivity contribution < 1.29 is 4.79 Å². The number of nitrogens with two attached hydrogens (primary N) is 1. The summed E-state index contributed by atoms with van der Waals surface area (Å²) in [7, 11) is 0. The first kappa shape index (κ1) is 15.0. The highest BCUT2D eigenvalue weighted by atomic mass is 16.1. The van der Waals surface area contributed by atoms with Gasteiger partial charge in [-0.2, -0.15) is 0 Å². The van der Waals surface area contributed by atoms with Crippen molar-refractivity contribution in [2.75, 3.05) is 26.2 Å². The molecule has 1 amide bonds. The highest BCUT2D eigenvalue weighted by Crippen LogP contribution is 2.11. The molecule has 4 nitrogen and oxygen atoms in total. The van der Waals surface area contributed by atoms with E-state index in [0.29, 0.717) is 6.54 Å². The third kappa shape index (κ3) is 4.05. The number of amides is 1. The topological polar surface area (TPSA) is 58.4 Å². The predicted octanol–water partition coefficient (Wildman–Crippen LogP) is 1.40. The van der Waals surface area contributed by atoms with Crippen LogP contribution in [0.25, 0.3) is 0 Å². The fraction of sp³-hybridized carbons (Fsp3) is 0.562. The maximum Gasteiger partial charge on any atom is 0.251 e. The van der Waals surface area contributed by atoms with Crippen LogP contribution in [0.1, 0.15) is 35.7 Å². The summed E-state index contributed by atoms with van der Waals surface area (Å²) < 4.78 is 0. The Morgan fingerprint density at radius 1 is 1.50 bits per heavy atom. The number of carbonyl (C=O) groups excluding carboxylic acids is 1. The van der Waals surface area contributed by atoms with Crippen molar-refractivity contribution in [3.05, 3.63) is 35.4 Å². The SMILES string of the molecule is CCN1CCCC(NC(=O)c2cccc(CCN)c2)C1. The van der Waals surface area contributed by atoms with Crippen LogP contribution in [0.5, 0.6) is 0 Å². The average molecular weight is 275 g/mol. The van der Waals surface area contributed by atoms with Crippen LogP contribution in [0.4, 0.5) is 0 Å². The van der Waals surface area contributed by atoms with Gasteiger partial charge in [-0.1, -0.05) is 19.1 Å². The van der Waals surface area contributed by atoms with Gasteiger partial charge in [-0.3, -0.25) is 4.79 Å². The van der Waals surface area contributed by atoms with Gasteiger partial charge in [0, 0.05) is 18.2 Å². The highest BCUT2D eigenvalue weighted by Gasteiger charge is 2.20. The number of nitrogens with one attached hydrogen (secondary N) is 1. The lowest BCUT2D eigenvalue weighted by molar-refractivity contribution is 0.0905. The lowest BCUT2D eigenvalue weighted by atomic mass is 10.0. The number of hydrogen-bond acceptors (Lipinski definition) is 3. The second-order valence-corrected chi connectivity index (χ2v) is 5.44. The molecule has 0 aliphatic carbocycles. The van der Waals surface area contributed by atoms with Gasteiger partial charge < -0.3 is 16.0 Å². The molecule has 110 valence electrons. The molecule has 1 unspecified atom stereocenters. The van der Waals surface area contributed by atoms with Gasteiger partial charge in [-0.05, 0) is 56.6 Å². The zero-order valence-electron chi connectivity index (χ0n) is 12.3.